The van der Waals surface area contributed by atoms with Gasteiger partial charge in [0.05, 0.1) is 36.2 Å². The number of hydrogen-bond acceptors (Lipinski definition) is 7. The quantitative estimate of drug-likeness (QED) is 0.0823. The average molecular weight is 597 g/mol. The van der Waals surface area contributed by atoms with Crippen LogP contribution in [0.4, 0.5) is 0 Å². The minimum Gasteiger partial charge on any atom is -0.748 e. The van der Waals surface area contributed by atoms with Crippen LogP contribution in [0, 0.1) is 11.3 Å². The van der Waals surface area contributed by atoms with E-state index in [1.807, 2.05) is 21.0 Å². The first kappa shape index (κ1) is 38.7. The van der Waals surface area contributed by atoms with Gasteiger partial charge in [0, 0.05) is 75.9 Å². The molecule has 0 N–H and O–H groups in total. The molecule has 13 heteroatoms. The van der Waals surface area contributed by atoms with Crippen molar-refractivity contribution in [2.24, 2.45) is 11.3 Å². The Morgan fingerprint density at radius 1 is 1.15 bits per heavy atom. The monoisotopic (exact) mass is 596 g/mol. The molecule has 4 radical (unpaired) electrons. The maximum absolute atomic E-state index is 12.8. The third-order valence-electron chi connectivity index (χ3n) is 5.53. The summed E-state index contributed by atoms with van der Waals surface area (Å²) in [4.78, 5) is 27.3. The molecule has 198 valence electrons. The zero-order valence-corrected chi connectivity index (χ0v) is 26.3. The second-order valence-electron chi connectivity index (χ2n) is 9.54. The summed E-state index contributed by atoms with van der Waals surface area (Å²) in [5.74, 6) is -0.960. The van der Waals surface area contributed by atoms with Crippen LogP contribution >= 0.6 is 0 Å². The largest absolute Gasteiger partial charge is 0.748 e. The van der Waals surface area contributed by atoms with E-state index in [-0.39, 0.29) is 67.9 Å². The van der Waals surface area contributed by atoms with Gasteiger partial charge in [-0.2, -0.15) is 0 Å². The Bertz CT molecular complexity index is 695. The van der Waals surface area contributed by atoms with E-state index in [0.717, 1.165) is 12.5 Å². The molecule has 0 aliphatic rings. The average Bonchev–Trinajstić information content (AvgIpc) is 2.67. The van der Waals surface area contributed by atoms with Gasteiger partial charge in [-0.05, 0) is 39.2 Å². The van der Waals surface area contributed by atoms with Crippen molar-refractivity contribution in [3.8, 4) is 0 Å². The van der Waals surface area contributed by atoms with E-state index in [1.54, 1.807) is 32.9 Å². The standard InChI is InChI=1S/C21H42N2O7SSi.2V/c1-8-18(19(24)22(4)11-9-16-32-29-7)17-21(2,3)20(25)30-14-13-23(5,6)12-10-15-31(26,27)28;;/h18H,8-17H2,1-7H3;;. The van der Waals surface area contributed by atoms with Gasteiger partial charge in [0.25, 0.3) is 0 Å². The van der Waals surface area contributed by atoms with Crippen LogP contribution in [0.5, 0.6) is 0 Å². The Balaban J connectivity index is -0.00000480. The van der Waals surface area contributed by atoms with Crippen molar-refractivity contribution in [1.29, 1.82) is 0 Å². The van der Waals surface area contributed by atoms with Gasteiger partial charge in [-0.1, -0.05) is 6.92 Å². The van der Waals surface area contributed by atoms with E-state index in [1.165, 1.54) is 0 Å². The van der Waals surface area contributed by atoms with Crippen molar-refractivity contribution >= 4 is 31.8 Å². The zero-order chi connectivity index (χ0) is 25.0. The Morgan fingerprint density at radius 3 is 2.24 bits per heavy atom. The van der Waals surface area contributed by atoms with E-state index >= 15 is 0 Å². The maximum Gasteiger partial charge on any atom is 0.311 e. The molecule has 1 unspecified atom stereocenters. The molecule has 0 aromatic carbocycles. The van der Waals surface area contributed by atoms with E-state index in [0.29, 0.717) is 46.7 Å². The van der Waals surface area contributed by atoms with Crippen molar-refractivity contribution in [2.75, 3.05) is 60.2 Å². The molecule has 0 spiro atoms. The Kier molecular flexibility index (Phi) is 20.9. The molecule has 9 nitrogen and oxygen atoms in total. The number of rotatable bonds is 17. The van der Waals surface area contributed by atoms with Crippen molar-refractivity contribution in [2.45, 2.75) is 52.5 Å². The van der Waals surface area contributed by atoms with Gasteiger partial charge < -0.3 is 23.1 Å². The molecule has 34 heavy (non-hydrogen) atoms. The van der Waals surface area contributed by atoms with Crippen LogP contribution in [0.25, 0.3) is 0 Å². The number of ether oxygens (including phenoxy) is 1. The molecule has 0 saturated carbocycles. The molecule has 0 fully saturated rings. The first-order chi connectivity index (χ1) is 14.6. The van der Waals surface area contributed by atoms with Crippen molar-refractivity contribution in [1.82, 2.24) is 4.90 Å². The first-order valence-corrected chi connectivity index (χ1v) is 13.8. The van der Waals surface area contributed by atoms with Crippen LogP contribution in [0.1, 0.15) is 46.5 Å². The summed E-state index contributed by atoms with van der Waals surface area (Å²) in [7, 11) is 3.48. The number of likely N-dealkylation sites (N-methyl/N-ethyl adjacent to an activating group) is 1. The summed E-state index contributed by atoms with van der Waals surface area (Å²) in [5.41, 5.74) is -0.803. The van der Waals surface area contributed by atoms with Gasteiger partial charge in [-0.25, -0.2) is 8.42 Å². The zero-order valence-electron chi connectivity index (χ0n) is 21.7. The van der Waals surface area contributed by atoms with Crippen LogP contribution in [0.15, 0.2) is 0 Å². The predicted octanol–water partition coefficient (Wildman–Crippen LogP) is 1.51. The van der Waals surface area contributed by atoms with E-state index in [2.05, 4.69) is 0 Å². The molecular weight excluding hydrogens is 554 g/mol. The predicted molar refractivity (Wildman–Crippen MR) is 124 cm³/mol. The van der Waals surface area contributed by atoms with Gasteiger partial charge in [-0.3, -0.25) is 9.59 Å². The summed E-state index contributed by atoms with van der Waals surface area (Å²) in [6, 6.07) is 0.921. The van der Waals surface area contributed by atoms with Crippen LogP contribution in [0.3, 0.4) is 0 Å². The molecule has 0 aliphatic carbocycles. The van der Waals surface area contributed by atoms with E-state index in [9.17, 15) is 22.6 Å². The Morgan fingerprint density at radius 2 is 1.74 bits per heavy atom. The minimum absolute atomic E-state index is 0. The molecule has 0 aromatic rings. The molecule has 1 amide bonds. The van der Waals surface area contributed by atoms with Gasteiger partial charge >= 0.3 is 5.97 Å². The third-order valence-corrected chi connectivity index (χ3v) is 7.17. The topological polar surface area (TPSA) is 113 Å². The van der Waals surface area contributed by atoms with Gasteiger partial charge in [0.1, 0.15) is 13.2 Å². The second-order valence-corrected chi connectivity index (χ2v) is 12.3. The van der Waals surface area contributed by atoms with Gasteiger partial charge in [-0.15, -0.1) is 0 Å². The van der Waals surface area contributed by atoms with Crippen LogP contribution in [-0.2, 0) is 66.0 Å². The van der Waals surface area contributed by atoms with Crippen LogP contribution in [-0.4, -0.2) is 104 Å². The molecule has 0 bridgehead atoms. The number of quaternary nitrogens is 1. The van der Waals surface area contributed by atoms with Crippen LogP contribution < -0.4 is 0 Å². The molecule has 0 rings (SSSR count). The van der Waals surface area contributed by atoms with Gasteiger partial charge in [0.15, 0.2) is 0 Å². The number of hydrogen-bond donors (Lipinski definition) is 0. The van der Waals surface area contributed by atoms with Crippen molar-refractivity contribution < 1.29 is 73.3 Å². The Hall–Kier alpha value is 0.156. The molecule has 1 atom stereocenters. The SMILES string of the molecule is CCC(CC(C)(C)C(=O)OCC[N+](C)(C)CCCS(=O)(=O)[O-])C(=O)N(C)CCC[Si]OC.[V].[V]. The molecule has 0 aromatic heterocycles. The summed E-state index contributed by atoms with van der Waals surface area (Å²) in [5, 5.41) is 0. The van der Waals surface area contributed by atoms with Crippen molar-refractivity contribution in [3.05, 3.63) is 0 Å². The third kappa shape index (κ3) is 17.6. The van der Waals surface area contributed by atoms with E-state index in [4.69, 9.17) is 9.16 Å². The summed E-state index contributed by atoms with van der Waals surface area (Å²) >= 11 is 0. The number of esters is 1. The molecular formula is C21H42N2O7SSiV2. The fourth-order valence-corrected chi connectivity index (χ4v) is 4.37. The molecule has 0 heterocycles. The number of nitrogens with zero attached hydrogens (tertiary/aromatic N) is 2. The number of amides is 1. The van der Waals surface area contributed by atoms with Gasteiger partial charge in [0.2, 0.25) is 15.7 Å². The summed E-state index contributed by atoms with van der Waals surface area (Å²) in [6.07, 6.45) is 2.19. The molecule has 0 aliphatic heterocycles. The summed E-state index contributed by atoms with van der Waals surface area (Å²) in [6.45, 7) is 7.38. The second kappa shape index (κ2) is 18.4. The number of carbonyl (C=O) groups excluding carboxylic acids is 2. The van der Waals surface area contributed by atoms with E-state index < -0.39 is 21.3 Å². The van der Waals surface area contributed by atoms with Crippen LogP contribution in [0.2, 0.25) is 6.04 Å². The Labute approximate surface area is 233 Å². The maximum atomic E-state index is 12.8. The fraction of sp³-hybridized carbons (Fsp3) is 0.905. The van der Waals surface area contributed by atoms with Crippen molar-refractivity contribution in [3.63, 3.8) is 0 Å². The number of carbonyl (C=O) groups is 2. The smallest absolute Gasteiger partial charge is 0.311 e. The fourth-order valence-electron chi connectivity index (χ4n) is 3.38. The molecule has 0 saturated heterocycles. The minimum atomic E-state index is -4.22. The first-order valence-electron chi connectivity index (χ1n) is 11.1. The summed E-state index contributed by atoms with van der Waals surface area (Å²) < 4.78 is 43.2. The normalized spacial score (nSPS) is 12.8.